The molecule has 3 N–H and O–H groups in total. The Labute approximate surface area is 156 Å². The summed E-state index contributed by atoms with van der Waals surface area (Å²) in [7, 11) is 0. The lowest BCUT2D eigenvalue weighted by Crippen LogP contribution is -2.57. The van der Waals surface area contributed by atoms with Crippen LogP contribution in [0.25, 0.3) is 0 Å². The maximum absolute atomic E-state index is 12.0. The number of carbonyl (C=O) groups excluding carboxylic acids is 1. The van der Waals surface area contributed by atoms with Crippen molar-refractivity contribution in [2.45, 2.75) is 64.5 Å². The molecule has 3 rings (SSSR count). The van der Waals surface area contributed by atoms with Crippen LogP contribution in [0.2, 0.25) is 0 Å². The van der Waals surface area contributed by atoms with E-state index in [0.717, 1.165) is 43.7 Å². The van der Waals surface area contributed by atoms with Gasteiger partial charge in [-0.3, -0.25) is 0 Å². The number of hydrogen-bond acceptors (Lipinski definition) is 5. The first-order valence-corrected chi connectivity index (χ1v) is 9.78. The van der Waals surface area contributed by atoms with Gasteiger partial charge in [-0.1, -0.05) is 6.07 Å². The summed E-state index contributed by atoms with van der Waals surface area (Å²) >= 11 is 0. The van der Waals surface area contributed by atoms with E-state index in [1.54, 1.807) is 4.90 Å². The minimum atomic E-state index is -0.443. The van der Waals surface area contributed by atoms with Gasteiger partial charge in [-0.2, -0.15) is 0 Å². The van der Waals surface area contributed by atoms with Crippen molar-refractivity contribution >= 4 is 11.9 Å². The molecule has 1 fully saturated rings. The summed E-state index contributed by atoms with van der Waals surface area (Å²) in [5, 5.41) is 3.39. The molecule has 0 saturated carbocycles. The normalized spacial score (nSPS) is 18.5. The van der Waals surface area contributed by atoms with Crippen LogP contribution in [0.4, 0.5) is 10.6 Å². The molecule has 0 spiro atoms. The minimum Gasteiger partial charge on any atom is -0.444 e. The first-order chi connectivity index (χ1) is 12.3. The molecular weight excluding hydrogens is 328 g/mol. The van der Waals surface area contributed by atoms with Crippen molar-refractivity contribution in [3.63, 3.8) is 0 Å². The van der Waals surface area contributed by atoms with E-state index in [-0.39, 0.29) is 12.1 Å². The number of nitrogens with two attached hydrogens (primary N) is 1. The van der Waals surface area contributed by atoms with E-state index < -0.39 is 5.60 Å². The third-order valence-corrected chi connectivity index (χ3v) is 5.09. The average Bonchev–Trinajstić information content (AvgIpc) is 2.51. The second-order valence-corrected chi connectivity index (χ2v) is 8.54. The molecule has 144 valence electrons. The number of ether oxygens (including phenoxy) is 1. The Hall–Kier alpha value is -1.82. The van der Waals surface area contributed by atoms with E-state index in [0.29, 0.717) is 19.0 Å². The van der Waals surface area contributed by atoms with Crippen molar-refractivity contribution in [1.82, 2.24) is 9.88 Å². The highest BCUT2D eigenvalue weighted by molar-refractivity contribution is 5.69. The molecule has 1 saturated heterocycles. The highest BCUT2D eigenvalue weighted by Gasteiger charge is 2.36. The summed E-state index contributed by atoms with van der Waals surface area (Å²) in [6, 6.07) is 4.48. The Morgan fingerprint density at radius 2 is 2.19 bits per heavy atom. The van der Waals surface area contributed by atoms with Gasteiger partial charge in [-0.05, 0) is 64.5 Å². The third kappa shape index (κ3) is 4.87. The van der Waals surface area contributed by atoms with Crippen molar-refractivity contribution in [2.24, 2.45) is 11.7 Å². The van der Waals surface area contributed by atoms with Gasteiger partial charge in [0.25, 0.3) is 0 Å². The number of anilines is 1. The van der Waals surface area contributed by atoms with Crippen LogP contribution in [0.3, 0.4) is 0 Å². The predicted octanol–water partition coefficient (Wildman–Crippen LogP) is 2.96. The highest BCUT2D eigenvalue weighted by Crippen LogP contribution is 2.24. The molecule has 6 nitrogen and oxygen atoms in total. The zero-order chi connectivity index (χ0) is 18.7. The fourth-order valence-corrected chi connectivity index (χ4v) is 3.52. The van der Waals surface area contributed by atoms with E-state index >= 15 is 0 Å². The van der Waals surface area contributed by atoms with Crippen molar-refractivity contribution in [1.29, 1.82) is 0 Å². The van der Waals surface area contributed by atoms with Crippen LogP contribution in [0.15, 0.2) is 12.1 Å². The first-order valence-electron chi connectivity index (χ1n) is 9.78. The molecule has 26 heavy (non-hydrogen) atoms. The van der Waals surface area contributed by atoms with Crippen LogP contribution in [-0.2, 0) is 17.6 Å². The van der Waals surface area contributed by atoms with Crippen molar-refractivity contribution < 1.29 is 9.53 Å². The Balaban J connectivity index is 1.38. The number of aromatic nitrogens is 1. The van der Waals surface area contributed by atoms with Gasteiger partial charge in [-0.15, -0.1) is 0 Å². The van der Waals surface area contributed by atoms with Crippen LogP contribution in [0.5, 0.6) is 0 Å². The molecule has 0 aliphatic carbocycles. The smallest absolute Gasteiger partial charge is 0.410 e. The monoisotopic (exact) mass is 360 g/mol. The summed E-state index contributed by atoms with van der Waals surface area (Å²) in [4.78, 5) is 18.5. The van der Waals surface area contributed by atoms with Gasteiger partial charge in [0.15, 0.2) is 0 Å². The zero-order valence-electron chi connectivity index (χ0n) is 16.3. The lowest BCUT2D eigenvalue weighted by Gasteiger charge is -2.42. The van der Waals surface area contributed by atoms with Crippen LogP contribution in [0.1, 0.15) is 51.3 Å². The second kappa shape index (κ2) is 7.82. The van der Waals surface area contributed by atoms with E-state index in [9.17, 15) is 4.79 Å². The highest BCUT2D eigenvalue weighted by atomic mass is 16.6. The molecule has 1 atom stereocenters. The van der Waals surface area contributed by atoms with E-state index in [1.165, 1.54) is 12.0 Å². The average molecular weight is 361 g/mol. The van der Waals surface area contributed by atoms with Gasteiger partial charge in [-0.25, -0.2) is 9.78 Å². The van der Waals surface area contributed by atoms with Gasteiger partial charge in [0.1, 0.15) is 11.4 Å². The Kier molecular flexibility index (Phi) is 5.70. The van der Waals surface area contributed by atoms with Crippen molar-refractivity contribution in [3.8, 4) is 0 Å². The number of aryl methyl sites for hydroxylation is 2. The molecule has 1 aromatic rings. The van der Waals surface area contributed by atoms with Crippen LogP contribution < -0.4 is 11.1 Å². The SMILES string of the molecule is CC(C)(C)OC(=O)N1CC(C(N)CCCc2ccc3c(n2)NCCC3)C1. The summed E-state index contributed by atoms with van der Waals surface area (Å²) in [6.45, 7) is 8.09. The molecule has 3 heterocycles. The molecule has 1 unspecified atom stereocenters. The predicted molar refractivity (Wildman–Crippen MR) is 103 cm³/mol. The van der Waals surface area contributed by atoms with Gasteiger partial charge >= 0.3 is 6.09 Å². The quantitative estimate of drug-likeness (QED) is 0.844. The topological polar surface area (TPSA) is 80.5 Å². The van der Waals surface area contributed by atoms with Crippen molar-refractivity contribution in [2.75, 3.05) is 25.0 Å². The number of likely N-dealkylation sites (tertiary alicyclic amines) is 1. The number of nitrogens with one attached hydrogen (secondary N) is 1. The molecule has 2 aliphatic rings. The van der Waals surface area contributed by atoms with E-state index in [1.807, 2.05) is 20.8 Å². The fourth-order valence-electron chi connectivity index (χ4n) is 3.52. The van der Waals surface area contributed by atoms with Crippen LogP contribution in [0, 0.1) is 5.92 Å². The largest absolute Gasteiger partial charge is 0.444 e. The van der Waals surface area contributed by atoms with E-state index in [4.69, 9.17) is 15.5 Å². The maximum atomic E-state index is 12.0. The van der Waals surface area contributed by atoms with Crippen molar-refractivity contribution in [3.05, 3.63) is 23.4 Å². The molecule has 0 bridgehead atoms. The number of fused-ring (bicyclic) bond motifs is 1. The lowest BCUT2D eigenvalue weighted by atomic mass is 9.89. The second-order valence-electron chi connectivity index (χ2n) is 8.54. The molecule has 6 heteroatoms. The molecule has 2 aliphatic heterocycles. The van der Waals surface area contributed by atoms with E-state index in [2.05, 4.69) is 17.4 Å². The molecule has 0 radical (unpaired) electrons. The van der Waals surface area contributed by atoms with Gasteiger partial charge in [0.05, 0.1) is 0 Å². The Bertz CT molecular complexity index is 635. The van der Waals surface area contributed by atoms with Gasteiger partial charge in [0.2, 0.25) is 0 Å². The van der Waals surface area contributed by atoms with Crippen LogP contribution >= 0.6 is 0 Å². The first kappa shape index (κ1) is 19.0. The standard InChI is InChI=1S/C20H32N4O2/c1-20(2,3)26-19(25)24-12-15(13-24)17(21)8-4-7-16-10-9-14-6-5-11-22-18(14)23-16/h9-10,15,17H,4-8,11-13,21H2,1-3H3,(H,22,23). The lowest BCUT2D eigenvalue weighted by molar-refractivity contribution is -0.00507. The number of hydrogen-bond donors (Lipinski definition) is 2. The Morgan fingerprint density at radius 3 is 2.92 bits per heavy atom. The molecule has 1 amide bonds. The maximum Gasteiger partial charge on any atom is 0.410 e. The molecule has 1 aromatic heterocycles. The number of pyridine rings is 1. The van der Waals surface area contributed by atoms with Gasteiger partial charge in [0, 0.05) is 37.3 Å². The summed E-state index contributed by atoms with van der Waals surface area (Å²) < 4.78 is 5.39. The third-order valence-electron chi connectivity index (χ3n) is 5.09. The molecule has 0 aromatic carbocycles. The van der Waals surface area contributed by atoms with Gasteiger partial charge < -0.3 is 20.7 Å². The minimum absolute atomic E-state index is 0.129. The van der Waals surface area contributed by atoms with Crippen LogP contribution in [-0.4, -0.2) is 47.3 Å². The Morgan fingerprint density at radius 1 is 1.42 bits per heavy atom. The zero-order valence-corrected chi connectivity index (χ0v) is 16.3. The number of amides is 1. The number of rotatable bonds is 5. The summed E-state index contributed by atoms with van der Waals surface area (Å²) in [5.74, 6) is 1.44. The number of nitrogens with zero attached hydrogens (tertiary/aromatic N) is 2. The fraction of sp³-hybridized carbons (Fsp3) is 0.700. The summed E-state index contributed by atoms with van der Waals surface area (Å²) in [6.07, 6.45) is 5.01. The molecular formula is C20H32N4O2. The number of carbonyl (C=O) groups is 1. The summed E-state index contributed by atoms with van der Waals surface area (Å²) in [5.41, 5.74) is 8.35.